The smallest absolute Gasteiger partial charge is 0.228 e. The third kappa shape index (κ3) is 3.18. The Hall–Kier alpha value is -2.35. The van der Waals surface area contributed by atoms with Crippen molar-refractivity contribution in [3.05, 3.63) is 29.8 Å². The van der Waals surface area contributed by atoms with E-state index in [-0.39, 0.29) is 28.6 Å². The molecule has 4 aliphatic rings. The molecule has 5 heteroatoms. The number of fused-ring (bicyclic) bond motifs is 5. The van der Waals surface area contributed by atoms with Gasteiger partial charge in [0, 0.05) is 24.1 Å². The lowest BCUT2D eigenvalue weighted by Gasteiger charge is -2.60. The summed E-state index contributed by atoms with van der Waals surface area (Å²) in [4.78, 5) is 25.3. The van der Waals surface area contributed by atoms with Crippen molar-refractivity contribution in [2.24, 2.45) is 34.5 Å². The highest BCUT2D eigenvalue weighted by atomic mass is 16.2. The third-order valence-corrected chi connectivity index (χ3v) is 9.67. The van der Waals surface area contributed by atoms with Gasteiger partial charge in [0.2, 0.25) is 11.8 Å². The number of nitriles is 1. The number of carbonyl (C=O) groups excluding carboxylic acids is 2. The predicted molar refractivity (Wildman–Crippen MR) is 119 cm³/mol. The molecule has 4 fully saturated rings. The molecule has 7 atom stereocenters. The highest BCUT2D eigenvalue weighted by Crippen LogP contribution is 2.65. The fourth-order valence-corrected chi connectivity index (χ4v) is 8.03. The second kappa shape index (κ2) is 7.36. The number of hydrogen-bond donors (Lipinski definition) is 2. The van der Waals surface area contributed by atoms with Crippen LogP contribution in [0.1, 0.15) is 70.8 Å². The maximum atomic E-state index is 13.3. The third-order valence-electron chi connectivity index (χ3n) is 9.67. The number of nitrogens with one attached hydrogen (secondary N) is 2. The molecule has 3 saturated carbocycles. The zero-order valence-corrected chi connectivity index (χ0v) is 18.6. The van der Waals surface area contributed by atoms with E-state index in [1.54, 1.807) is 12.1 Å². The van der Waals surface area contributed by atoms with Crippen LogP contribution in [0.2, 0.25) is 0 Å². The Kier molecular flexibility index (Phi) is 4.88. The summed E-state index contributed by atoms with van der Waals surface area (Å²) in [5.41, 5.74) is 1.53. The predicted octanol–water partition coefficient (Wildman–Crippen LogP) is 4.63. The van der Waals surface area contributed by atoms with Crippen LogP contribution in [0.5, 0.6) is 0 Å². The van der Waals surface area contributed by atoms with Crippen LogP contribution < -0.4 is 10.6 Å². The minimum Gasteiger partial charge on any atom is -0.353 e. The maximum absolute atomic E-state index is 13.3. The first-order chi connectivity index (χ1) is 14.8. The molecule has 1 aromatic carbocycles. The van der Waals surface area contributed by atoms with Crippen molar-refractivity contribution in [3.63, 3.8) is 0 Å². The van der Waals surface area contributed by atoms with Gasteiger partial charge in [-0.1, -0.05) is 19.9 Å². The molecule has 31 heavy (non-hydrogen) atoms. The van der Waals surface area contributed by atoms with Crippen molar-refractivity contribution in [2.75, 3.05) is 5.32 Å². The molecule has 0 radical (unpaired) electrons. The molecular formula is C26H33N3O2. The van der Waals surface area contributed by atoms with Gasteiger partial charge in [0.05, 0.1) is 11.6 Å². The SMILES string of the molecule is C[C@]12CCC(=O)N[C@@H]1CC[C@@H]1[C@@H]2CC[C@]2(C)[C@@H](C(=O)Nc3cccc(C#N)c3)CC[C@@H]12. The molecule has 1 aliphatic heterocycles. The van der Waals surface area contributed by atoms with Gasteiger partial charge in [-0.25, -0.2) is 0 Å². The molecular weight excluding hydrogens is 386 g/mol. The fourth-order valence-electron chi connectivity index (χ4n) is 8.03. The summed E-state index contributed by atoms with van der Waals surface area (Å²) in [6.45, 7) is 4.77. The summed E-state index contributed by atoms with van der Waals surface area (Å²) in [7, 11) is 0. The molecule has 0 spiro atoms. The Bertz CT molecular complexity index is 952. The Balaban J connectivity index is 1.34. The average molecular weight is 420 g/mol. The van der Waals surface area contributed by atoms with E-state index in [0.29, 0.717) is 35.8 Å². The molecule has 164 valence electrons. The highest BCUT2D eigenvalue weighted by molar-refractivity contribution is 5.93. The molecule has 1 saturated heterocycles. The number of nitrogens with zero attached hydrogens (tertiary/aromatic N) is 1. The number of benzene rings is 1. The number of carbonyl (C=O) groups is 2. The van der Waals surface area contributed by atoms with E-state index in [4.69, 9.17) is 5.26 Å². The van der Waals surface area contributed by atoms with Gasteiger partial charge in [-0.15, -0.1) is 0 Å². The summed E-state index contributed by atoms with van der Waals surface area (Å²) in [6.07, 6.45) is 8.24. The quantitative estimate of drug-likeness (QED) is 0.733. The van der Waals surface area contributed by atoms with Gasteiger partial charge in [0.1, 0.15) is 0 Å². The van der Waals surface area contributed by atoms with Gasteiger partial charge in [-0.3, -0.25) is 9.59 Å². The van der Waals surface area contributed by atoms with Crippen LogP contribution in [0, 0.1) is 45.8 Å². The van der Waals surface area contributed by atoms with Crippen LogP contribution >= 0.6 is 0 Å². The Morgan fingerprint density at radius 3 is 2.71 bits per heavy atom. The van der Waals surface area contributed by atoms with Gasteiger partial charge in [-0.2, -0.15) is 5.26 Å². The summed E-state index contributed by atoms with van der Waals surface area (Å²) in [5, 5.41) is 15.6. The monoisotopic (exact) mass is 419 g/mol. The van der Waals surface area contributed by atoms with Crippen molar-refractivity contribution >= 4 is 17.5 Å². The van der Waals surface area contributed by atoms with E-state index in [9.17, 15) is 9.59 Å². The van der Waals surface area contributed by atoms with Crippen molar-refractivity contribution in [2.45, 2.75) is 71.3 Å². The zero-order chi connectivity index (χ0) is 21.8. The van der Waals surface area contributed by atoms with E-state index < -0.39 is 0 Å². The number of anilines is 1. The molecule has 1 aromatic rings. The minimum atomic E-state index is 0.0285. The number of hydrogen-bond acceptors (Lipinski definition) is 3. The summed E-state index contributed by atoms with van der Waals surface area (Å²) in [5.74, 6) is 2.26. The van der Waals surface area contributed by atoms with E-state index >= 15 is 0 Å². The lowest BCUT2D eigenvalue weighted by Crippen LogP contribution is -2.61. The van der Waals surface area contributed by atoms with Crippen molar-refractivity contribution < 1.29 is 9.59 Å². The largest absolute Gasteiger partial charge is 0.353 e. The molecule has 5 rings (SSSR count). The van der Waals surface area contributed by atoms with Crippen molar-refractivity contribution in [1.82, 2.24) is 5.32 Å². The normalized spacial score (nSPS) is 41.2. The summed E-state index contributed by atoms with van der Waals surface area (Å²) in [6, 6.07) is 9.67. The van der Waals surface area contributed by atoms with E-state index in [1.807, 2.05) is 12.1 Å². The highest BCUT2D eigenvalue weighted by Gasteiger charge is 2.61. The second-order valence-corrected chi connectivity index (χ2v) is 10.9. The van der Waals surface area contributed by atoms with Crippen LogP contribution in [-0.4, -0.2) is 17.9 Å². The van der Waals surface area contributed by atoms with E-state index in [2.05, 4.69) is 30.6 Å². The Morgan fingerprint density at radius 2 is 1.90 bits per heavy atom. The number of rotatable bonds is 2. The van der Waals surface area contributed by atoms with Crippen LogP contribution in [0.15, 0.2) is 24.3 Å². The lowest BCUT2D eigenvalue weighted by molar-refractivity contribution is -0.140. The average Bonchev–Trinajstić information content (AvgIpc) is 3.11. The van der Waals surface area contributed by atoms with Crippen LogP contribution in [0.4, 0.5) is 5.69 Å². The molecule has 3 aliphatic carbocycles. The molecule has 0 unspecified atom stereocenters. The van der Waals surface area contributed by atoms with E-state index in [1.165, 1.54) is 6.42 Å². The van der Waals surface area contributed by atoms with Crippen LogP contribution in [0.25, 0.3) is 0 Å². The van der Waals surface area contributed by atoms with Crippen molar-refractivity contribution in [3.8, 4) is 6.07 Å². The molecule has 5 nitrogen and oxygen atoms in total. The van der Waals surface area contributed by atoms with Crippen LogP contribution in [0.3, 0.4) is 0 Å². The van der Waals surface area contributed by atoms with Gasteiger partial charge >= 0.3 is 0 Å². The number of piperidine rings is 1. The molecule has 2 amide bonds. The topological polar surface area (TPSA) is 82.0 Å². The lowest BCUT2D eigenvalue weighted by atomic mass is 9.47. The number of amides is 2. The molecule has 0 aromatic heterocycles. The molecule has 1 heterocycles. The van der Waals surface area contributed by atoms with Crippen molar-refractivity contribution in [1.29, 1.82) is 5.26 Å². The van der Waals surface area contributed by atoms with E-state index in [0.717, 1.165) is 44.2 Å². The second-order valence-electron chi connectivity index (χ2n) is 10.9. The minimum absolute atomic E-state index is 0.0285. The first-order valence-corrected chi connectivity index (χ1v) is 12.0. The summed E-state index contributed by atoms with van der Waals surface area (Å²) < 4.78 is 0. The maximum Gasteiger partial charge on any atom is 0.228 e. The van der Waals surface area contributed by atoms with Gasteiger partial charge in [0.25, 0.3) is 0 Å². The van der Waals surface area contributed by atoms with Gasteiger partial charge in [-0.05, 0) is 91.7 Å². The zero-order valence-electron chi connectivity index (χ0n) is 18.6. The molecule has 2 N–H and O–H groups in total. The first kappa shape index (κ1) is 20.5. The van der Waals surface area contributed by atoms with Crippen LogP contribution in [-0.2, 0) is 9.59 Å². The fraction of sp³-hybridized carbons (Fsp3) is 0.654. The summed E-state index contributed by atoms with van der Waals surface area (Å²) >= 11 is 0. The standard InChI is InChI=1S/C26H33N3O2/c1-25-12-10-20-18(6-9-22-26(20,2)13-11-23(30)29-22)19(25)7-8-21(25)24(31)28-17-5-3-4-16(14-17)15-27/h3-5,14,18-22H,6-13H2,1-2H3,(H,28,31)(H,29,30)/t18-,19-,20-,21+,22+,25-,26+/m0/s1. The van der Waals surface area contributed by atoms with Gasteiger partial charge in [0.15, 0.2) is 0 Å². The van der Waals surface area contributed by atoms with Gasteiger partial charge < -0.3 is 10.6 Å². The Labute approximate surface area is 185 Å². The molecule has 0 bridgehead atoms. The Morgan fingerprint density at radius 1 is 1.10 bits per heavy atom. The first-order valence-electron chi connectivity index (χ1n) is 12.0.